The summed E-state index contributed by atoms with van der Waals surface area (Å²) in [4.78, 5) is 0. The van der Waals surface area contributed by atoms with E-state index in [1.54, 1.807) is 0 Å². The highest BCUT2D eigenvalue weighted by Crippen LogP contribution is 2.43. The number of hydrogen-bond acceptors (Lipinski definition) is 3. The van der Waals surface area contributed by atoms with Gasteiger partial charge in [0.15, 0.2) is 0 Å². The molecule has 92 valence electrons. The summed E-state index contributed by atoms with van der Waals surface area (Å²) in [5.74, 6) is 1.44. The molecule has 1 fully saturated rings. The van der Waals surface area contributed by atoms with Crippen LogP contribution in [0, 0.1) is 0 Å². The van der Waals surface area contributed by atoms with Crippen LogP contribution in [0.25, 0.3) is 0 Å². The van der Waals surface area contributed by atoms with Gasteiger partial charge in [-0.2, -0.15) is 0 Å². The van der Waals surface area contributed by atoms with Crippen molar-refractivity contribution < 1.29 is 9.47 Å². The zero-order valence-electron chi connectivity index (χ0n) is 10.5. The van der Waals surface area contributed by atoms with Crippen molar-refractivity contribution in [3.63, 3.8) is 0 Å². The van der Waals surface area contributed by atoms with Gasteiger partial charge in [0.25, 0.3) is 0 Å². The minimum absolute atomic E-state index is 0.0438. The summed E-state index contributed by atoms with van der Waals surface area (Å²) in [6.07, 6.45) is 0. The van der Waals surface area contributed by atoms with Gasteiger partial charge in [-0.1, -0.05) is 12.1 Å². The second-order valence-electron chi connectivity index (χ2n) is 5.04. The zero-order valence-corrected chi connectivity index (χ0v) is 10.5. The molecule has 2 atom stereocenters. The molecule has 0 unspecified atom stereocenters. The lowest BCUT2D eigenvalue weighted by molar-refractivity contribution is -0.0526. The Morgan fingerprint density at radius 3 is 3.24 bits per heavy atom. The van der Waals surface area contributed by atoms with Crippen LogP contribution >= 0.6 is 0 Å². The van der Waals surface area contributed by atoms with Crippen molar-refractivity contribution in [3.8, 4) is 5.75 Å². The van der Waals surface area contributed by atoms with Gasteiger partial charge in [-0.25, -0.2) is 0 Å². The third-order valence-corrected chi connectivity index (χ3v) is 3.95. The predicted octanol–water partition coefficient (Wildman–Crippen LogP) is 2.06. The lowest BCUT2D eigenvalue weighted by Crippen LogP contribution is -2.39. The van der Waals surface area contributed by atoms with Crippen LogP contribution in [0.15, 0.2) is 18.2 Å². The quantitative estimate of drug-likeness (QED) is 0.848. The minimum Gasteiger partial charge on any atom is -0.493 e. The van der Waals surface area contributed by atoms with Crippen molar-refractivity contribution in [2.45, 2.75) is 32.0 Å². The fourth-order valence-corrected chi connectivity index (χ4v) is 2.99. The molecule has 3 nitrogen and oxygen atoms in total. The summed E-state index contributed by atoms with van der Waals surface area (Å²) in [6.45, 7) is 7.53. The fourth-order valence-electron chi connectivity index (χ4n) is 2.99. The number of hydrogen-bond donors (Lipinski definition) is 1. The Bertz CT molecular complexity index is 432. The molecule has 1 aromatic carbocycles. The average molecular weight is 233 g/mol. The third kappa shape index (κ3) is 1.65. The summed E-state index contributed by atoms with van der Waals surface area (Å²) in [7, 11) is 0. The standard InChI is InChI=1S/C14H19NO2/c1-3-16-13-6-4-5-10-11(13)8-17-14(2)9-15-7-12(10)14/h4-6,12,15H,3,7-9H2,1-2H3/t12-,14+/m1/s1. The number of rotatable bonds is 2. The molecule has 1 N–H and O–H groups in total. The molecule has 2 aliphatic rings. The molecule has 3 heteroatoms. The van der Waals surface area contributed by atoms with Gasteiger partial charge in [-0.3, -0.25) is 0 Å². The first-order chi connectivity index (χ1) is 8.24. The molecule has 0 amide bonds. The Morgan fingerprint density at radius 1 is 1.53 bits per heavy atom. The monoisotopic (exact) mass is 233 g/mol. The average Bonchev–Trinajstić information content (AvgIpc) is 2.72. The van der Waals surface area contributed by atoms with E-state index in [0.717, 1.165) is 18.8 Å². The largest absolute Gasteiger partial charge is 0.493 e. The Kier molecular flexibility index (Phi) is 2.60. The van der Waals surface area contributed by atoms with Crippen LogP contribution < -0.4 is 10.1 Å². The molecule has 0 aliphatic carbocycles. The maximum atomic E-state index is 6.06. The van der Waals surface area contributed by atoms with Gasteiger partial charge in [-0.15, -0.1) is 0 Å². The second kappa shape index (κ2) is 4.00. The van der Waals surface area contributed by atoms with E-state index in [1.807, 2.05) is 13.0 Å². The van der Waals surface area contributed by atoms with Gasteiger partial charge in [0.2, 0.25) is 0 Å². The predicted molar refractivity (Wildman–Crippen MR) is 66.4 cm³/mol. The number of ether oxygens (including phenoxy) is 2. The highest BCUT2D eigenvalue weighted by atomic mass is 16.5. The van der Waals surface area contributed by atoms with Gasteiger partial charge < -0.3 is 14.8 Å². The number of fused-ring (bicyclic) bond motifs is 3. The third-order valence-electron chi connectivity index (χ3n) is 3.95. The number of benzene rings is 1. The topological polar surface area (TPSA) is 30.5 Å². The van der Waals surface area contributed by atoms with E-state index < -0.39 is 0 Å². The highest BCUT2D eigenvalue weighted by Gasteiger charge is 2.45. The molecule has 0 aromatic heterocycles. The van der Waals surface area contributed by atoms with E-state index in [0.29, 0.717) is 19.1 Å². The van der Waals surface area contributed by atoms with E-state index in [9.17, 15) is 0 Å². The van der Waals surface area contributed by atoms with Crippen LogP contribution in [0.5, 0.6) is 5.75 Å². The van der Waals surface area contributed by atoms with Crippen LogP contribution in [0.1, 0.15) is 30.9 Å². The number of nitrogens with one attached hydrogen (secondary N) is 1. The first kappa shape index (κ1) is 11.1. The lowest BCUT2D eigenvalue weighted by Gasteiger charge is -2.37. The maximum Gasteiger partial charge on any atom is 0.125 e. The SMILES string of the molecule is CCOc1cccc2c1CO[C@@]1(C)CNC[C@H]21. The van der Waals surface area contributed by atoms with E-state index >= 15 is 0 Å². The Labute approximate surface area is 102 Å². The molecule has 0 bridgehead atoms. The van der Waals surface area contributed by atoms with Crippen molar-refractivity contribution >= 4 is 0 Å². The minimum atomic E-state index is -0.0438. The Morgan fingerprint density at radius 2 is 2.41 bits per heavy atom. The van der Waals surface area contributed by atoms with Crippen molar-refractivity contribution in [1.82, 2.24) is 5.32 Å². The first-order valence-electron chi connectivity index (χ1n) is 6.34. The first-order valence-corrected chi connectivity index (χ1v) is 6.34. The maximum absolute atomic E-state index is 6.06. The summed E-state index contributed by atoms with van der Waals surface area (Å²) < 4.78 is 11.7. The second-order valence-corrected chi connectivity index (χ2v) is 5.04. The van der Waals surface area contributed by atoms with Crippen molar-refractivity contribution in [2.24, 2.45) is 0 Å². The van der Waals surface area contributed by atoms with Crippen molar-refractivity contribution in [3.05, 3.63) is 29.3 Å². The van der Waals surface area contributed by atoms with Crippen LogP contribution in [0.2, 0.25) is 0 Å². The van der Waals surface area contributed by atoms with Crippen LogP contribution in [-0.4, -0.2) is 25.3 Å². The molecule has 3 rings (SSSR count). The molecule has 0 radical (unpaired) electrons. The Hall–Kier alpha value is -1.06. The Balaban J connectivity index is 2.04. The lowest BCUT2D eigenvalue weighted by atomic mass is 9.81. The highest BCUT2D eigenvalue weighted by molar-refractivity contribution is 5.45. The summed E-state index contributed by atoms with van der Waals surface area (Å²) in [5.41, 5.74) is 2.59. The van der Waals surface area contributed by atoms with Gasteiger partial charge >= 0.3 is 0 Å². The van der Waals surface area contributed by atoms with Gasteiger partial charge in [0.05, 0.1) is 18.8 Å². The molecular formula is C14H19NO2. The van der Waals surface area contributed by atoms with Gasteiger partial charge in [0, 0.05) is 24.6 Å². The molecule has 1 saturated heterocycles. The van der Waals surface area contributed by atoms with Crippen LogP contribution in [0.3, 0.4) is 0 Å². The van der Waals surface area contributed by atoms with Crippen LogP contribution in [0.4, 0.5) is 0 Å². The molecule has 0 saturated carbocycles. The van der Waals surface area contributed by atoms with Crippen molar-refractivity contribution in [2.75, 3.05) is 19.7 Å². The van der Waals surface area contributed by atoms with E-state index in [1.165, 1.54) is 11.1 Å². The zero-order chi connectivity index (χ0) is 11.9. The normalized spacial score (nSPS) is 30.8. The molecule has 2 heterocycles. The smallest absolute Gasteiger partial charge is 0.125 e. The molecule has 1 aromatic rings. The van der Waals surface area contributed by atoms with Crippen molar-refractivity contribution in [1.29, 1.82) is 0 Å². The molecule has 2 aliphatic heterocycles. The summed E-state index contributed by atoms with van der Waals surface area (Å²) >= 11 is 0. The van der Waals surface area contributed by atoms with E-state index in [4.69, 9.17) is 9.47 Å². The molecule has 0 spiro atoms. The molecule has 17 heavy (non-hydrogen) atoms. The summed E-state index contributed by atoms with van der Waals surface area (Å²) in [6, 6.07) is 6.35. The van der Waals surface area contributed by atoms with Gasteiger partial charge in [-0.05, 0) is 25.5 Å². The molecular weight excluding hydrogens is 214 g/mol. The van der Waals surface area contributed by atoms with E-state index in [2.05, 4.69) is 24.4 Å². The summed E-state index contributed by atoms with van der Waals surface area (Å²) in [5, 5.41) is 3.43. The van der Waals surface area contributed by atoms with E-state index in [-0.39, 0.29) is 5.60 Å². The van der Waals surface area contributed by atoms with Crippen LogP contribution in [-0.2, 0) is 11.3 Å². The fraction of sp³-hybridized carbons (Fsp3) is 0.571. The van der Waals surface area contributed by atoms with Gasteiger partial charge in [0.1, 0.15) is 5.75 Å².